The molecule has 23 heavy (non-hydrogen) atoms. The molecule has 1 aromatic heterocycles. The standard InChI is InChI=1S/C13H22ClN7O2/c1-6(4-7(22)18-5-13(2,3)17)19-12(23)8-10(15)21-11(16)9(14)20-8/h6H,4-5,17H2,1-3H3,(H,18,22)(H,19,23)(H4,15,16,21). The number of nitrogen functional groups attached to an aromatic ring is 2. The van der Waals surface area contributed by atoms with Gasteiger partial charge in [-0.25, -0.2) is 9.97 Å². The van der Waals surface area contributed by atoms with Crippen molar-refractivity contribution in [2.24, 2.45) is 5.73 Å². The molecule has 0 aliphatic carbocycles. The number of halogens is 1. The first kappa shape index (κ1) is 18.9. The zero-order valence-electron chi connectivity index (χ0n) is 13.3. The average Bonchev–Trinajstić information content (AvgIpc) is 2.39. The van der Waals surface area contributed by atoms with Crippen LogP contribution in [-0.4, -0.2) is 39.9 Å². The van der Waals surface area contributed by atoms with Crippen LogP contribution in [0.3, 0.4) is 0 Å². The summed E-state index contributed by atoms with van der Waals surface area (Å²) in [7, 11) is 0. The molecule has 0 fully saturated rings. The van der Waals surface area contributed by atoms with E-state index in [0.717, 1.165) is 0 Å². The molecule has 0 saturated carbocycles. The molecule has 1 aromatic rings. The molecule has 128 valence electrons. The van der Waals surface area contributed by atoms with Crippen molar-refractivity contribution in [1.82, 2.24) is 20.6 Å². The van der Waals surface area contributed by atoms with Gasteiger partial charge in [0.1, 0.15) is 0 Å². The second-order valence-electron chi connectivity index (χ2n) is 5.98. The number of amides is 2. The van der Waals surface area contributed by atoms with E-state index in [2.05, 4.69) is 20.6 Å². The van der Waals surface area contributed by atoms with Gasteiger partial charge in [0.15, 0.2) is 22.5 Å². The van der Waals surface area contributed by atoms with E-state index >= 15 is 0 Å². The number of nitrogens with two attached hydrogens (primary N) is 3. The largest absolute Gasteiger partial charge is 0.382 e. The van der Waals surface area contributed by atoms with Crippen molar-refractivity contribution in [2.75, 3.05) is 18.0 Å². The molecule has 1 unspecified atom stereocenters. The SMILES string of the molecule is CC(CC(=O)NCC(C)(C)N)NC(=O)c1nc(Cl)c(N)nc1N. The van der Waals surface area contributed by atoms with E-state index in [1.54, 1.807) is 20.8 Å². The van der Waals surface area contributed by atoms with Crippen molar-refractivity contribution < 1.29 is 9.59 Å². The molecule has 0 aromatic carbocycles. The lowest BCUT2D eigenvalue weighted by atomic mass is 10.1. The summed E-state index contributed by atoms with van der Waals surface area (Å²) in [6.07, 6.45) is 0.0812. The molecule has 0 aliphatic rings. The Labute approximate surface area is 139 Å². The van der Waals surface area contributed by atoms with Gasteiger partial charge in [-0.2, -0.15) is 0 Å². The Bertz CT molecular complexity index is 601. The maximum Gasteiger partial charge on any atom is 0.274 e. The number of carbonyl (C=O) groups excluding carboxylic acids is 2. The summed E-state index contributed by atoms with van der Waals surface area (Å²) in [6.45, 7) is 5.60. The molecule has 0 radical (unpaired) electrons. The van der Waals surface area contributed by atoms with Crippen LogP contribution in [0, 0.1) is 0 Å². The van der Waals surface area contributed by atoms with Crippen LogP contribution in [0.25, 0.3) is 0 Å². The highest BCUT2D eigenvalue weighted by atomic mass is 35.5. The van der Waals surface area contributed by atoms with Gasteiger partial charge in [0, 0.05) is 24.5 Å². The van der Waals surface area contributed by atoms with Crippen LogP contribution in [0.15, 0.2) is 0 Å². The van der Waals surface area contributed by atoms with Crippen LogP contribution >= 0.6 is 11.6 Å². The minimum atomic E-state index is -0.587. The van der Waals surface area contributed by atoms with Gasteiger partial charge in [-0.3, -0.25) is 9.59 Å². The third-order valence-electron chi connectivity index (χ3n) is 2.73. The smallest absolute Gasteiger partial charge is 0.274 e. The Kier molecular flexibility index (Phi) is 6.11. The predicted molar refractivity (Wildman–Crippen MR) is 88.7 cm³/mol. The first-order valence-corrected chi connectivity index (χ1v) is 7.32. The molecular weight excluding hydrogens is 322 g/mol. The predicted octanol–water partition coefficient (Wildman–Crippen LogP) is -0.344. The molecule has 0 bridgehead atoms. The van der Waals surface area contributed by atoms with Crippen molar-refractivity contribution in [3.63, 3.8) is 0 Å². The zero-order chi connectivity index (χ0) is 17.8. The van der Waals surface area contributed by atoms with Gasteiger partial charge in [-0.1, -0.05) is 11.6 Å². The molecule has 1 atom stereocenters. The Balaban J connectivity index is 2.60. The Hall–Kier alpha value is -2.13. The molecule has 8 N–H and O–H groups in total. The van der Waals surface area contributed by atoms with Gasteiger partial charge in [0.25, 0.3) is 5.91 Å². The summed E-state index contributed by atoms with van der Waals surface area (Å²) in [5.41, 5.74) is 16.2. The summed E-state index contributed by atoms with van der Waals surface area (Å²) < 4.78 is 0. The lowest BCUT2D eigenvalue weighted by molar-refractivity contribution is -0.121. The van der Waals surface area contributed by atoms with Gasteiger partial charge in [0.2, 0.25) is 5.91 Å². The highest BCUT2D eigenvalue weighted by Gasteiger charge is 2.19. The molecule has 10 heteroatoms. The second-order valence-corrected chi connectivity index (χ2v) is 6.34. The number of carbonyl (C=O) groups is 2. The van der Waals surface area contributed by atoms with Crippen molar-refractivity contribution >= 4 is 35.1 Å². The molecule has 1 rings (SSSR count). The highest BCUT2D eigenvalue weighted by Crippen LogP contribution is 2.17. The zero-order valence-corrected chi connectivity index (χ0v) is 14.1. The van der Waals surface area contributed by atoms with E-state index in [4.69, 9.17) is 28.8 Å². The molecule has 0 spiro atoms. The van der Waals surface area contributed by atoms with Crippen LogP contribution in [0.1, 0.15) is 37.7 Å². The number of nitrogens with zero attached hydrogens (tertiary/aromatic N) is 2. The van der Waals surface area contributed by atoms with Crippen LogP contribution < -0.4 is 27.8 Å². The lowest BCUT2D eigenvalue weighted by Gasteiger charge is -2.20. The normalized spacial score (nSPS) is 12.6. The molecule has 0 saturated heterocycles. The Morgan fingerprint density at radius 1 is 1.26 bits per heavy atom. The number of hydrogen-bond donors (Lipinski definition) is 5. The first-order valence-electron chi connectivity index (χ1n) is 6.94. The van der Waals surface area contributed by atoms with E-state index in [0.29, 0.717) is 6.54 Å². The van der Waals surface area contributed by atoms with Gasteiger partial charge in [-0.15, -0.1) is 0 Å². The summed E-state index contributed by atoms with van der Waals surface area (Å²) in [5, 5.41) is 5.18. The molecule has 1 heterocycles. The molecule has 2 amide bonds. The van der Waals surface area contributed by atoms with Crippen molar-refractivity contribution in [2.45, 2.75) is 38.8 Å². The van der Waals surface area contributed by atoms with E-state index in [1.807, 2.05) is 0 Å². The Morgan fingerprint density at radius 2 is 1.87 bits per heavy atom. The van der Waals surface area contributed by atoms with Crippen LogP contribution in [0.5, 0.6) is 0 Å². The van der Waals surface area contributed by atoms with Gasteiger partial charge in [-0.05, 0) is 20.8 Å². The lowest BCUT2D eigenvalue weighted by Crippen LogP contribution is -2.46. The summed E-state index contributed by atoms with van der Waals surface area (Å²) in [5.74, 6) is -1.01. The van der Waals surface area contributed by atoms with Crippen LogP contribution in [-0.2, 0) is 4.79 Å². The molecule has 9 nitrogen and oxygen atoms in total. The summed E-state index contributed by atoms with van der Waals surface area (Å²) in [4.78, 5) is 31.4. The number of anilines is 2. The summed E-state index contributed by atoms with van der Waals surface area (Å²) in [6, 6.07) is -0.444. The third-order valence-corrected chi connectivity index (χ3v) is 3.01. The maximum atomic E-state index is 12.1. The minimum absolute atomic E-state index is 0.0578. The van der Waals surface area contributed by atoms with Gasteiger partial charge < -0.3 is 27.8 Å². The molecule has 0 aliphatic heterocycles. The summed E-state index contributed by atoms with van der Waals surface area (Å²) >= 11 is 5.72. The topological polar surface area (TPSA) is 162 Å². The van der Waals surface area contributed by atoms with Crippen molar-refractivity contribution in [1.29, 1.82) is 0 Å². The van der Waals surface area contributed by atoms with E-state index in [-0.39, 0.29) is 34.8 Å². The fraction of sp³-hybridized carbons (Fsp3) is 0.538. The van der Waals surface area contributed by atoms with E-state index < -0.39 is 17.5 Å². The number of nitrogens with one attached hydrogen (secondary N) is 2. The van der Waals surface area contributed by atoms with E-state index in [9.17, 15) is 9.59 Å². The quantitative estimate of drug-likeness (QED) is 0.471. The maximum absolute atomic E-state index is 12.1. The third kappa shape index (κ3) is 6.25. The van der Waals surface area contributed by atoms with Gasteiger partial charge >= 0.3 is 0 Å². The molecular formula is C13H22ClN7O2. The highest BCUT2D eigenvalue weighted by molar-refractivity contribution is 6.31. The fourth-order valence-corrected chi connectivity index (χ4v) is 1.76. The average molecular weight is 344 g/mol. The number of rotatable bonds is 6. The van der Waals surface area contributed by atoms with Gasteiger partial charge in [0.05, 0.1) is 0 Å². The van der Waals surface area contributed by atoms with Crippen molar-refractivity contribution in [3.8, 4) is 0 Å². The van der Waals surface area contributed by atoms with Crippen molar-refractivity contribution in [3.05, 3.63) is 10.8 Å². The monoisotopic (exact) mass is 343 g/mol. The fourth-order valence-electron chi connectivity index (χ4n) is 1.63. The first-order chi connectivity index (χ1) is 10.5. The second kappa shape index (κ2) is 7.42. The van der Waals surface area contributed by atoms with Crippen LogP contribution in [0.4, 0.5) is 11.6 Å². The Morgan fingerprint density at radius 3 is 2.43 bits per heavy atom. The number of hydrogen-bond acceptors (Lipinski definition) is 7. The minimum Gasteiger partial charge on any atom is -0.382 e. The van der Waals surface area contributed by atoms with Crippen LogP contribution in [0.2, 0.25) is 5.15 Å². The van der Waals surface area contributed by atoms with E-state index in [1.165, 1.54) is 0 Å². The number of aromatic nitrogens is 2.